The van der Waals surface area contributed by atoms with Gasteiger partial charge in [0.05, 0.1) is 29.0 Å². The number of para-hydroxylation sites is 2. The topological polar surface area (TPSA) is 59.3 Å². The van der Waals surface area contributed by atoms with Gasteiger partial charge in [0.1, 0.15) is 0 Å². The van der Waals surface area contributed by atoms with Crippen LogP contribution in [0, 0.1) is 0 Å². The van der Waals surface area contributed by atoms with Gasteiger partial charge in [-0.05, 0) is 30.7 Å². The number of hydrogen-bond donors (Lipinski definition) is 1. The Morgan fingerprint density at radius 3 is 2.55 bits per heavy atom. The van der Waals surface area contributed by atoms with Crippen LogP contribution < -0.4 is 5.43 Å². The van der Waals surface area contributed by atoms with Crippen LogP contribution in [0.3, 0.4) is 0 Å². The second-order valence-corrected chi connectivity index (χ2v) is 8.31. The monoisotopic (exact) mass is 448 g/mol. The summed E-state index contributed by atoms with van der Waals surface area (Å²) in [7, 11) is 0. The minimum absolute atomic E-state index is 0.199. The van der Waals surface area contributed by atoms with E-state index >= 15 is 0 Å². The molecule has 0 unspecified atom stereocenters. The Kier molecular flexibility index (Phi) is 6.70. The fraction of sp³-hybridized carbons (Fsp3) is 0.125. The maximum Gasteiger partial charge on any atom is 0.250 e. The van der Waals surface area contributed by atoms with Crippen molar-refractivity contribution < 1.29 is 4.79 Å². The van der Waals surface area contributed by atoms with Gasteiger partial charge in [-0.3, -0.25) is 4.79 Å². The van der Waals surface area contributed by atoms with Gasteiger partial charge in [0.15, 0.2) is 5.16 Å². The largest absolute Gasteiger partial charge is 0.314 e. The minimum atomic E-state index is -0.199. The summed E-state index contributed by atoms with van der Waals surface area (Å²) in [5.41, 5.74) is 7.19. The number of hydrazone groups is 1. The van der Waals surface area contributed by atoms with E-state index in [0.717, 1.165) is 21.8 Å². The number of thioether (sulfide) groups is 1. The van der Waals surface area contributed by atoms with Gasteiger partial charge in [0, 0.05) is 10.6 Å². The maximum absolute atomic E-state index is 12.4. The zero-order valence-corrected chi connectivity index (χ0v) is 18.5. The first-order valence-electron chi connectivity index (χ1n) is 9.82. The molecule has 3 aromatic carbocycles. The number of halogens is 1. The summed E-state index contributed by atoms with van der Waals surface area (Å²) in [5, 5.41) is 5.59. The second-order valence-electron chi connectivity index (χ2n) is 6.96. The number of amides is 1. The average molecular weight is 449 g/mol. The summed E-state index contributed by atoms with van der Waals surface area (Å²) in [5.74, 6) is 0.00643. The zero-order valence-electron chi connectivity index (χ0n) is 17.0. The fourth-order valence-electron chi connectivity index (χ4n) is 3.21. The Hall–Kier alpha value is -3.09. The van der Waals surface area contributed by atoms with Crippen molar-refractivity contribution in [3.63, 3.8) is 0 Å². The van der Waals surface area contributed by atoms with E-state index in [9.17, 15) is 4.79 Å². The van der Waals surface area contributed by atoms with Crippen LogP contribution in [0.2, 0.25) is 5.02 Å². The van der Waals surface area contributed by atoms with Crippen molar-refractivity contribution in [3.05, 3.63) is 95.0 Å². The first-order valence-corrected chi connectivity index (χ1v) is 11.2. The molecule has 0 atom stereocenters. The summed E-state index contributed by atoms with van der Waals surface area (Å²) in [6, 6.07) is 25.6. The van der Waals surface area contributed by atoms with E-state index in [4.69, 9.17) is 16.6 Å². The van der Waals surface area contributed by atoms with Crippen LogP contribution in [-0.4, -0.2) is 26.9 Å². The van der Waals surface area contributed by atoms with Crippen molar-refractivity contribution in [2.24, 2.45) is 5.10 Å². The van der Waals surface area contributed by atoms with Crippen LogP contribution in [0.1, 0.15) is 18.1 Å². The van der Waals surface area contributed by atoms with Crippen molar-refractivity contribution in [2.45, 2.75) is 18.6 Å². The van der Waals surface area contributed by atoms with Crippen LogP contribution >= 0.6 is 23.4 Å². The van der Waals surface area contributed by atoms with Crippen LogP contribution in [-0.2, 0) is 11.3 Å². The Morgan fingerprint density at radius 1 is 1.03 bits per heavy atom. The summed E-state index contributed by atoms with van der Waals surface area (Å²) in [4.78, 5) is 17.1. The van der Waals surface area contributed by atoms with Crippen molar-refractivity contribution in [1.29, 1.82) is 0 Å². The lowest BCUT2D eigenvalue weighted by atomic mass is 10.1. The number of nitrogens with zero attached hydrogens (tertiary/aromatic N) is 3. The number of carbonyl (C=O) groups excluding carboxylic acids is 1. The van der Waals surface area contributed by atoms with Crippen molar-refractivity contribution >= 4 is 46.0 Å². The molecule has 4 aromatic rings. The van der Waals surface area contributed by atoms with Gasteiger partial charge in [-0.25, -0.2) is 10.4 Å². The number of aromatic nitrogens is 2. The minimum Gasteiger partial charge on any atom is -0.314 e. The summed E-state index contributed by atoms with van der Waals surface area (Å²) < 4.78 is 2.14. The smallest absolute Gasteiger partial charge is 0.250 e. The summed E-state index contributed by atoms with van der Waals surface area (Å²) >= 11 is 7.58. The molecule has 31 heavy (non-hydrogen) atoms. The molecule has 0 saturated carbocycles. The number of imidazole rings is 1. The van der Waals surface area contributed by atoms with E-state index in [1.54, 1.807) is 6.07 Å². The zero-order chi connectivity index (χ0) is 21.6. The van der Waals surface area contributed by atoms with E-state index in [0.29, 0.717) is 17.3 Å². The van der Waals surface area contributed by atoms with E-state index in [2.05, 4.69) is 27.2 Å². The van der Waals surface area contributed by atoms with Gasteiger partial charge >= 0.3 is 0 Å². The Bertz CT molecular complexity index is 1240. The molecule has 0 spiro atoms. The van der Waals surface area contributed by atoms with Crippen LogP contribution in [0.15, 0.2) is 89.1 Å². The highest BCUT2D eigenvalue weighted by atomic mass is 35.5. The third kappa shape index (κ3) is 5.16. The lowest BCUT2D eigenvalue weighted by Gasteiger charge is -2.09. The predicted octanol–water partition coefficient (Wildman–Crippen LogP) is 5.37. The van der Waals surface area contributed by atoms with Crippen LogP contribution in [0.25, 0.3) is 11.0 Å². The lowest BCUT2D eigenvalue weighted by molar-refractivity contribution is -0.118. The number of carbonyl (C=O) groups is 1. The second kappa shape index (κ2) is 9.81. The summed E-state index contributed by atoms with van der Waals surface area (Å²) in [6.45, 7) is 2.50. The highest BCUT2D eigenvalue weighted by Crippen LogP contribution is 2.25. The van der Waals surface area contributed by atoms with Crippen LogP contribution in [0.5, 0.6) is 0 Å². The highest BCUT2D eigenvalue weighted by Gasteiger charge is 2.13. The summed E-state index contributed by atoms with van der Waals surface area (Å²) in [6.07, 6.45) is 0. The molecule has 4 rings (SSSR count). The van der Waals surface area contributed by atoms with Gasteiger partial charge in [-0.15, -0.1) is 0 Å². The normalized spacial score (nSPS) is 11.6. The quantitative estimate of drug-likeness (QED) is 0.235. The molecule has 0 saturated heterocycles. The lowest BCUT2D eigenvalue weighted by Crippen LogP contribution is -2.21. The molecule has 1 heterocycles. The molecule has 0 aliphatic rings. The molecule has 156 valence electrons. The van der Waals surface area contributed by atoms with Gasteiger partial charge in [-0.1, -0.05) is 84.0 Å². The maximum atomic E-state index is 12.4. The average Bonchev–Trinajstić information content (AvgIpc) is 3.14. The molecule has 1 amide bonds. The molecule has 1 N–H and O–H groups in total. The number of hydrogen-bond acceptors (Lipinski definition) is 4. The van der Waals surface area contributed by atoms with Gasteiger partial charge in [0.2, 0.25) is 0 Å². The van der Waals surface area contributed by atoms with E-state index in [-0.39, 0.29) is 11.7 Å². The predicted molar refractivity (Wildman–Crippen MR) is 128 cm³/mol. The first kappa shape index (κ1) is 21.2. The number of fused-ring (bicyclic) bond motifs is 1. The Balaban J connectivity index is 1.47. The third-order valence-electron chi connectivity index (χ3n) is 4.75. The standard InChI is InChI=1S/C24H21ClN4OS/c1-17(19-11-5-6-12-20(19)25)27-28-23(30)16-31-24-26-21-13-7-8-14-22(21)29(24)15-18-9-3-2-4-10-18/h2-14H,15-16H2,1H3,(H,28,30)/b27-17+. The number of rotatable bonds is 7. The SMILES string of the molecule is C/C(=N\NC(=O)CSc1nc2ccccc2n1Cc1ccccc1)c1ccccc1Cl. The van der Waals surface area contributed by atoms with Crippen molar-refractivity contribution in [2.75, 3.05) is 5.75 Å². The highest BCUT2D eigenvalue weighted by molar-refractivity contribution is 7.99. The molecule has 5 nitrogen and oxygen atoms in total. The number of nitrogens with one attached hydrogen (secondary N) is 1. The fourth-order valence-corrected chi connectivity index (χ4v) is 4.28. The third-order valence-corrected chi connectivity index (χ3v) is 6.05. The molecule has 1 aromatic heterocycles. The van der Waals surface area contributed by atoms with Crippen LogP contribution in [0.4, 0.5) is 0 Å². The Morgan fingerprint density at radius 2 is 1.74 bits per heavy atom. The van der Waals surface area contributed by atoms with Crippen molar-refractivity contribution in [1.82, 2.24) is 15.0 Å². The van der Waals surface area contributed by atoms with E-state index in [1.807, 2.05) is 67.6 Å². The first-order chi connectivity index (χ1) is 15.1. The molecule has 0 fully saturated rings. The molecule has 0 radical (unpaired) electrons. The Labute approximate surface area is 190 Å². The molecule has 7 heteroatoms. The molecule has 0 aliphatic heterocycles. The molecular weight excluding hydrogens is 428 g/mol. The molecular formula is C24H21ClN4OS. The van der Waals surface area contributed by atoms with Gasteiger partial charge < -0.3 is 4.57 Å². The van der Waals surface area contributed by atoms with Gasteiger partial charge in [0.25, 0.3) is 5.91 Å². The molecule has 0 aliphatic carbocycles. The number of benzene rings is 3. The van der Waals surface area contributed by atoms with Gasteiger partial charge in [-0.2, -0.15) is 5.10 Å². The molecule has 0 bridgehead atoms. The van der Waals surface area contributed by atoms with E-state index in [1.165, 1.54) is 17.3 Å². The van der Waals surface area contributed by atoms with E-state index < -0.39 is 0 Å². The van der Waals surface area contributed by atoms with Crippen molar-refractivity contribution in [3.8, 4) is 0 Å².